The molecule has 1 saturated heterocycles. The number of aryl methyl sites for hydroxylation is 1. The average Bonchev–Trinajstić information content (AvgIpc) is 2.38. The van der Waals surface area contributed by atoms with Gasteiger partial charge in [0.2, 0.25) is 0 Å². The summed E-state index contributed by atoms with van der Waals surface area (Å²) in [5.74, 6) is 0.0411. The highest BCUT2D eigenvalue weighted by Gasteiger charge is 2.20. The molecule has 0 aromatic heterocycles. The zero-order chi connectivity index (χ0) is 13.8. The Hall–Kier alpha value is -0.870. The van der Waals surface area contributed by atoms with E-state index in [1.165, 1.54) is 0 Å². The van der Waals surface area contributed by atoms with E-state index < -0.39 is 0 Å². The number of carbonyl (C=O) groups is 1. The number of hydrogen-bond acceptors (Lipinski definition) is 2. The molecule has 1 heterocycles. The SMILES string of the molecule is CCN1CCC(NC(=O)c2cc(C)cc(Br)c2)CC1. The van der Waals surface area contributed by atoms with Gasteiger partial charge in [-0.3, -0.25) is 4.79 Å². The second kappa shape index (κ2) is 6.53. The summed E-state index contributed by atoms with van der Waals surface area (Å²) in [4.78, 5) is 14.6. The highest BCUT2D eigenvalue weighted by atomic mass is 79.9. The van der Waals surface area contributed by atoms with Gasteiger partial charge >= 0.3 is 0 Å². The third-order valence-corrected chi connectivity index (χ3v) is 4.13. The van der Waals surface area contributed by atoms with Crippen molar-refractivity contribution in [2.24, 2.45) is 0 Å². The summed E-state index contributed by atoms with van der Waals surface area (Å²) >= 11 is 3.44. The van der Waals surface area contributed by atoms with Crippen LogP contribution in [0.2, 0.25) is 0 Å². The third-order valence-electron chi connectivity index (χ3n) is 3.67. The van der Waals surface area contributed by atoms with Crippen LogP contribution in [0, 0.1) is 6.92 Å². The van der Waals surface area contributed by atoms with Crippen LogP contribution in [0.25, 0.3) is 0 Å². The van der Waals surface area contributed by atoms with E-state index in [1.54, 1.807) is 0 Å². The Labute approximate surface area is 123 Å². The maximum absolute atomic E-state index is 12.2. The Morgan fingerprint density at radius 1 is 1.37 bits per heavy atom. The second-order valence-corrected chi connectivity index (χ2v) is 6.11. The number of rotatable bonds is 3. The Bertz CT molecular complexity index is 433. The third kappa shape index (κ3) is 4.05. The van der Waals surface area contributed by atoms with Crippen molar-refractivity contribution >= 4 is 21.8 Å². The van der Waals surface area contributed by atoms with Crippen LogP contribution in [0.5, 0.6) is 0 Å². The molecule has 0 spiro atoms. The standard InChI is InChI=1S/C15H21BrN2O/c1-3-18-6-4-14(5-7-18)17-15(19)12-8-11(2)9-13(16)10-12/h8-10,14H,3-7H2,1-2H3,(H,17,19). The minimum atomic E-state index is 0.0411. The quantitative estimate of drug-likeness (QED) is 0.927. The van der Waals surface area contributed by atoms with Crippen LogP contribution in [-0.2, 0) is 0 Å². The molecule has 2 rings (SSSR count). The lowest BCUT2D eigenvalue weighted by Crippen LogP contribution is -2.44. The van der Waals surface area contributed by atoms with Gasteiger partial charge in [0.1, 0.15) is 0 Å². The molecule has 1 aliphatic rings. The second-order valence-electron chi connectivity index (χ2n) is 5.20. The van der Waals surface area contributed by atoms with E-state index in [-0.39, 0.29) is 5.91 Å². The van der Waals surface area contributed by atoms with Crippen molar-refractivity contribution in [3.05, 3.63) is 33.8 Å². The summed E-state index contributed by atoms with van der Waals surface area (Å²) in [6, 6.07) is 6.14. The molecule has 0 atom stereocenters. The highest BCUT2D eigenvalue weighted by Crippen LogP contribution is 2.16. The van der Waals surface area contributed by atoms with Gasteiger partial charge in [-0.15, -0.1) is 0 Å². The van der Waals surface area contributed by atoms with E-state index in [9.17, 15) is 4.79 Å². The van der Waals surface area contributed by atoms with Gasteiger partial charge in [0.25, 0.3) is 5.91 Å². The first-order valence-corrected chi connectivity index (χ1v) is 7.68. The first-order chi connectivity index (χ1) is 9.08. The number of hydrogen-bond donors (Lipinski definition) is 1. The van der Waals surface area contributed by atoms with Crippen molar-refractivity contribution in [2.75, 3.05) is 19.6 Å². The number of likely N-dealkylation sites (tertiary alicyclic amines) is 1. The van der Waals surface area contributed by atoms with Crippen molar-refractivity contribution in [3.63, 3.8) is 0 Å². The summed E-state index contributed by atoms with van der Waals surface area (Å²) in [5.41, 5.74) is 1.84. The van der Waals surface area contributed by atoms with Gasteiger partial charge in [-0.25, -0.2) is 0 Å². The Balaban J connectivity index is 1.94. The molecule has 0 aliphatic carbocycles. The lowest BCUT2D eigenvalue weighted by molar-refractivity contribution is 0.0912. The zero-order valence-corrected chi connectivity index (χ0v) is 13.2. The van der Waals surface area contributed by atoms with E-state index in [2.05, 4.69) is 33.1 Å². The largest absolute Gasteiger partial charge is 0.349 e. The van der Waals surface area contributed by atoms with Gasteiger partial charge in [0.15, 0.2) is 0 Å². The van der Waals surface area contributed by atoms with Crippen LogP contribution in [-0.4, -0.2) is 36.5 Å². The average molecular weight is 325 g/mol. The molecule has 1 N–H and O–H groups in total. The monoisotopic (exact) mass is 324 g/mol. The summed E-state index contributed by atoms with van der Waals surface area (Å²) < 4.78 is 0.957. The Morgan fingerprint density at radius 2 is 2.05 bits per heavy atom. The van der Waals surface area contributed by atoms with E-state index in [0.29, 0.717) is 6.04 Å². The van der Waals surface area contributed by atoms with E-state index in [1.807, 2.05) is 25.1 Å². The first kappa shape index (κ1) is 14.5. The maximum Gasteiger partial charge on any atom is 0.251 e. The minimum Gasteiger partial charge on any atom is -0.349 e. The van der Waals surface area contributed by atoms with Gasteiger partial charge in [-0.2, -0.15) is 0 Å². The van der Waals surface area contributed by atoms with Crippen LogP contribution in [0.1, 0.15) is 35.7 Å². The molecular formula is C15H21BrN2O. The summed E-state index contributed by atoms with van der Waals surface area (Å²) in [6.07, 6.45) is 2.10. The Morgan fingerprint density at radius 3 is 2.63 bits per heavy atom. The van der Waals surface area contributed by atoms with Gasteiger partial charge in [-0.05, 0) is 50.1 Å². The zero-order valence-electron chi connectivity index (χ0n) is 11.6. The van der Waals surface area contributed by atoms with Gasteiger partial charge in [0, 0.05) is 29.2 Å². The van der Waals surface area contributed by atoms with Crippen LogP contribution < -0.4 is 5.32 Å². The van der Waals surface area contributed by atoms with E-state index in [0.717, 1.165) is 48.1 Å². The molecule has 4 heteroatoms. The molecule has 1 aliphatic heterocycles. The lowest BCUT2D eigenvalue weighted by Gasteiger charge is -2.31. The minimum absolute atomic E-state index is 0.0411. The van der Waals surface area contributed by atoms with Gasteiger partial charge < -0.3 is 10.2 Å². The topological polar surface area (TPSA) is 32.3 Å². The van der Waals surface area contributed by atoms with Crippen LogP contribution in [0.3, 0.4) is 0 Å². The molecule has 0 saturated carbocycles. The summed E-state index contributed by atoms with van der Waals surface area (Å²) in [5, 5.41) is 3.15. The molecule has 1 aromatic rings. The fourth-order valence-corrected chi connectivity index (χ4v) is 3.14. The van der Waals surface area contributed by atoms with Gasteiger partial charge in [-0.1, -0.05) is 22.9 Å². The fraction of sp³-hybridized carbons (Fsp3) is 0.533. The maximum atomic E-state index is 12.2. The molecule has 19 heavy (non-hydrogen) atoms. The highest BCUT2D eigenvalue weighted by molar-refractivity contribution is 9.10. The first-order valence-electron chi connectivity index (χ1n) is 6.89. The van der Waals surface area contributed by atoms with E-state index >= 15 is 0 Å². The van der Waals surface area contributed by atoms with Crippen molar-refractivity contribution < 1.29 is 4.79 Å². The van der Waals surface area contributed by atoms with Crippen molar-refractivity contribution in [2.45, 2.75) is 32.7 Å². The molecule has 3 nitrogen and oxygen atoms in total. The molecular weight excluding hydrogens is 304 g/mol. The molecule has 0 radical (unpaired) electrons. The number of nitrogens with zero attached hydrogens (tertiary/aromatic N) is 1. The smallest absolute Gasteiger partial charge is 0.251 e. The fourth-order valence-electron chi connectivity index (χ4n) is 2.53. The van der Waals surface area contributed by atoms with Crippen LogP contribution in [0.4, 0.5) is 0 Å². The van der Waals surface area contributed by atoms with Crippen LogP contribution >= 0.6 is 15.9 Å². The number of nitrogens with one attached hydrogen (secondary N) is 1. The molecule has 1 amide bonds. The number of piperidine rings is 1. The normalized spacial score (nSPS) is 17.4. The predicted molar refractivity (Wildman–Crippen MR) is 81.5 cm³/mol. The summed E-state index contributed by atoms with van der Waals surface area (Å²) in [7, 11) is 0. The predicted octanol–water partition coefficient (Wildman–Crippen LogP) is 2.97. The van der Waals surface area contributed by atoms with Crippen molar-refractivity contribution in [1.82, 2.24) is 10.2 Å². The summed E-state index contributed by atoms with van der Waals surface area (Å²) in [6.45, 7) is 7.45. The van der Waals surface area contributed by atoms with E-state index in [4.69, 9.17) is 0 Å². The number of carbonyl (C=O) groups excluding carboxylic acids is 1. The molecule has 0 bridgehead atoms. The Kier molecular flexibility index (Phi) is 4.99. The van der Waals surface area contributed by atoms with Crippen LogP contribution in [0.15, 0.2) is 22.7 Å². The number of benzene rings is 1. The molecule has 1 fully saturated rings. The molecule has 0 unspecified atom stereocenters. The molecule has 104 valence electrons. The lowest BCUT2D eigenvalue weighted by atomic mass is 10.0. The van der Waals surface area contributed by atoms with Gasteiger partial charge in [0.05, 0.1) is 0 Å². The molecule has 1 aromatic carbocycles. The van der Waals surface area contributed by atoms with Crippen molar-refractivity contribution in [3.8, 4) is 0 Å². The number of amides is 1. The van der Waals surface area contributed by atoms with Crippen molar-refractivity contribution in [1.29, 1.82) is 0 Å². The number of halogens is 1.